The van der Waals surface area contributed by atoms with Crippen molar-refractivity contribution in [2.24, 2.45) is 23.7 Å². The molecule has 0 bridgehead atoms. The van der Waals surface area contributed by atoms with Crippen LogP contribution in [0.2, 0.25) is 0 Å². The average molecular weight is 495 g/mol. The summed E-state index contributed by atoms with van der Waals surface area (Å²) >= 11 is 0. The molecule has 0 aliphatic heterocycles. The number of carbonyl (C=O) groups excluding carboxylic acids is 1. The van der Waals surface area contributed by atoms with Crippen molar-refractivity contribution in [1.29, 1.82) is 0 Å². The van der Waals surface area contributed by atoms with E-state index in [0.29, 0.717) is 37.5 Å². The van der Waals surface area contributed by atoms with Crippen molar-refractivity contribution in [1.82, 2.24) is 0 Å². The number of alkyl halides is 8. The maximum Gasteiger partial charge on any atom is 0.381 e. The minimum atomic E-state index is -6.36. The quantitative estimate of drug-likeness (QED) is 0.166. The van der Waals surface area contributed by atoms with E-state index in [1.54, 1.807) is 0 Å². The van der Waals surface area contributed by atoms with Gasteiger partial charge in [-0.15, -0.1) is 0 Å². The number of unbranched alkanes of at least 4 members (excludes halogenated alkanes) is 2. The van der Waals surface area contributed by atoms with Crippen molar-refractivity contribution in [3.05, 3.63) is 0 Å². The van der Waals surface area contributed by atoms with Gasteiger partial charge in [0.2, 0.25) is 0 Å². The normalized spacial score (nSPS) is 27.6. The maximum atomic E-state index is 13.6. The Morgan fingerprint density at radius 2 is 1.36 bits per heavy atom. The van der Waals surface area contributed by atoms with E-state index >= 15 is 0 Å². The van der Waals surface area contributed by atoms with Crippen molar-refractivity contribution >= 4 is 5.97 Å². The summed E-state index contributed by atoms with van der Waals surface area (Å²) in [6.07, 6.45) is 6.62. The van der Waals surface area contributed by atoms with Crippen LogP contribution in [0, 0.1) is 23.7 Å². The molecule has 33 heavy (non-hydrogen) atoms. The second-order valence-corrected chi connectivity index (χ2v) is 9.70. The SMILES string of the molecule is CCCCCC1CCC(C2CCC(C(=O)OCC(F)(F)C(F)(F)C(F)(F)C(F)F)CC2)CC1. The Labute approximate surface area is 189 Å². The highest BCUT2D eigenvalue weighted by Crippen LogP contribution is 2.49. The van der Waals surface area contributed by atoms with Crippen molar-refractivity contribution in [3.8, 4) is 0 Å². The molecule has 0 N–H and O–H groups in total. The predicted octanol–water partition coefficient (Wildman–Crippen LogP) is 7.89. The lowest BCUT2D eigenvalue weighted by Crippen LogP contribution is -2.59. The topological polar surface area (TPSA) is 26.3 Å². The van der Waals surface area contributed by atoms with Crippen molar-refractivity contribution < 1.29 is 44.7 Å². The van der Waals surface area contributed by atoms with E-state index in [2.05, 4.69) is 11.7 Å². The summed E-state index contributed by atoms with van der Waals surface area (Å²) in [6, 6.07) is 0. The molecule has 2 rings (SSSR count). The van der Waals surface area contributed by atoms with Crippen LogP contribution in [0.1, 0.15) is 84.0 Å². The van der Waals surface area contributed by atoms with Crippen LogP contribution < -0.4 is 0 Å². The fourth-order valence-corrected chi connectivity index (χ4v) is 5.21. The van der Waals surface area contributed by atoms with Crippen LogP contribution in [0.4, 0.5) is 35.1 Å². The lowest BCUT2D eigenvalue weighted by molar-refractivity contribution is -0.344. The molecule has 0 atom stereocenters. The molecule has 2 aliphatic carbocycles. The minimum Gasteiger partial charge on any atom is -0.459 e. The van der Waals surface area contributed by atoms with Gasteiger partial charge in [0.15, 0.2) is 6.61 Å². The van der Waals surface area contributed by atoms with Crippen molar-refractivity contribution in [3.63, 3.8) is 0 Å². The molecule has 2 nitrogen and oxygen atoms in total. The monoisotopic (exact) mass is 494 g/mol. The van der Waals surface area contributed by atoms with Gasteiger partial charge in [-0.3, -0.25) is 4.79 Å². The van der Waals surface area contributed by atoms with Gasteiger partial charge in [0.05, 0.1) is 5.92 Å². The highest BCUT2D eigenvalue weighted by molar-refractivity contribution is 5.72. The van der Waals surface area contributed by atoms with Gasteiger partial charge in [0.1, 0.15) is 0 Å². The zero-order chi connectivity index (χ0) is 24.9. The van der Waals surface area contributed by atoms with Gasteiger partial charge in [0.25, 0.3) is 0 Å². The molecule has 0 aromatic heterocycles. The summed E-state index contributed by atoms with van der Waals surface area (Å²) in [5.41, 5.74) is 0. The summed E-state index contributed by atoms with van der Waals surface area (Å²) in [6.45, 7) is -0.196. The molecule has 0 aromatic rings. The Hall–Kier alpha value is -1.09. The summed E-state index contributed by atoms with van der Waals surface area (Å²) < 4.78 is 108. The summed E-state index contributed by atoms with van der Waals surface area (Å²) in [7, 11) is 0. The van der Waals surface area contributed by atoms with Gasteiger partial charge in [-0.2, -0.15) is 26.3 Å². The van der Waals surface area contributed by atoms with Crippen LogP contribution in [0.25, 0.3) is 0 Å². The van der Waals surface area contributed by atoms with E-state index in [4.69, 9.17) is 0 Å². The molecule has 0 amide bonds. The van der Waals surface area contributed by atoms with Crippen LogP contribution in [0.15, 0.2) is 0 Å². The zero-order valence-electron chi connectivity index (χ0n) is 18.9. The Balaban J connectivity index is 1.77. The largest absolute Gasteiger partial charge is 0.459 e. The molecule has 0 heterocycles. The highest BCUT2D eigenvalue weighted by Gasteiger charge is 2.75. The first-order valence-corrected chi connectivity index (χ1v) is 11.9. The number of hydrogen-bond donors (Lipinski definition) is 0. The lowest BCUT2D eigenvalue weighted by atomic mass is 9.68. The number of ether oxygens (including phenoxy) is 1. The Morgan fingerprint density at radius 3 is 1.85 bits per heavy atom. The van der Waals surface area contributed by atoms with E-state index in [9.17, 15) is 39.9 Å². The zero-order valence-corrected chi connectivity index (χ0v) is 18.9. The van der Waals surface area contributed by atoms with E-state index < -0.39 is 42.7 Å². The number of hydrogen-bond acceptors (Lipinski definition) is 2. The van der Waals surface area contributed by atoms with Gasteiger partial charge in [0, 0.05) is 0 Å². The molecule has 194 valence electrons. The molecule has 10 heteroatoms. The highest BCUT2D eigenvalue weighted by atomic mass is 19.4. The number of rotatable bonds is 11. The first kappa shape index (κ1) is 28.1. The average Bonchev–Trinajstić information content (AvgIpc) is 2.78. The molecule has 0 radical (unpaired) electrons. The van der Waals surface area contributed by atoms with Crippen molar-refractivity contribution in [2.75, 3.05) is 6.61 Å². The van der Waals surface area contributed by atoms with E-state index in [1.165, 1.54) is 38.5 Å². The molecule has 2 aliphatic rings. The third-order valence-electron chi connectivity index (χ3n) is 7.43. The van der Waals surface area contributed by atoms with Gasteiger partial charge in [-0.25, -0.2) is 8.78 Å². The Kier molecular flexibility index (Phi) is 9.86. The van der Waals surface area contributed by atoms with Gasteiger partial charge >= 0.3 is 30.2 Å². The number of esters is 1. The van der Waals surface area contributed by atoms with E-state index in [1.807, 2.05) is 0 Å². The number of halogens is 8. The standard InChI is InChI=1S/C23H34F8O2/c1-2-3-4-5-15-6-8-16(9-7-15)17-10-12-18(13-11-17)19(32)33-14-21(26,27)23(30,31)22(28,29)20(24)25/h15-18,20H,2-14H2,1H3. The van der Waals surface area contributed by atoms with E-state index in [0.717, 1.165) is 18.8 Å². The van der Waals surface area contributed by atoms with Crippen molar-refractivity contribution in [2.45, 2.75) is 108 Å². The molecule has 2 saturated carbocycles. The number of carbonyl (C=O) groups is 1. The predicted molar refractivity (Wildman–Crippen MR) is 107 cm³/mol. The summed E-state index contributed by atoms with van der Waals surface area (Å²) in [5, 5.41) is 0. The van der Waals surface area contributed by atoms with E-state index in [-0.39, 0.29) is 0 Å². The molecule has 0 unspecified atom stereocenters. The van der Waals surface area contributed by atoms with Crippen LogP contribution >= 0.6 is 0 Å². The first-order valence-electron chi connectivity index (χ1n) is 11.9. The first-order chi connectivity index (χ1) is 15.3. The second-order valence-electron chi connectivity index (χ2n) is 9.70. The Morgan fingerprint density at radius 1 is 0.848 bits per heavy atom. The molecular formula is C23H34F8O2. The van der Waals surface area contributed by atoms with Crippen LogP contribution in [-0.4, -0.2) is 36.8 Å². The molecule has 0 spiro atoms. The Bertz CT molecular complexity index is 610. The van der Waals surface area contributed by atoms with Crippen LogP contribution in [-0.2, 0) is 9.53 Å². The summed E-state index contributed by atoms with van der Waals surface area (Å²) in [5.74, 6) is -18.5. The fraction of sp³-hybridized carbons (Fsp3) is 0.957. The second kappa shape index (κ2) is 11.6. The van der Waals surface area contributed by atoms with Crippen LogP contribution in [0.5, 0.6) is 0 Å². The van der Waals surface area contributed by atoms with Gasteiger partial charge < -0.3 is 4.74 Å². The minimum absolute atomic E-state index is 0.342. The lowest BCUT2D eigenvalue weighted by Gasteiger charge is -2.37. The van der Waals surface area contributed by atoms with Gasteiger partial charge in [-0.1, -0.05) is 45.4 Å². The molecule has 0 saturated heterocycles. The fourth-order valence-electron chi connectivity index (χ4n) is 5.21. The smallest absolute Gasteiger partial charge is 0.381 e. The maximum absolute atomic E-state index is 13.6. The third-order valence-corrected chi connectivity index (χ3v) is 7.43. The summed E-state index contributed by atoms with van der Waals surface area (Å²) in [4.78, 5) is 12.1. The molecular weight excluding hydrogens is 460 g/mol. The molecule has 2 fully saturated rings. The molecule has 0 aromatic carbocycles. The van der Waals surface area contributed by atoms with Crippen LogP contribution in [0.3, 0.4) is 0 Å². The van der Waals surface area contributed by atoms with Gasteiger partial charge in [-0.05, 0) is 56.3 Å². The third kappa shape index (κ3) is 6.74.